The van der Waals surface area contributed by atoms with Gasteiger partial charge in [0, 0.05) is 20.4 Å². The maximum Gasteiger partial charge on any atom is 0.335 e. The Labute approximate surface area is 281 Å². The fraction of sp³-hybridized carbons (Fsp3) is 0.389. The van der Waals surface area contributed by atoms with E-state index in [4.69, 9.17) is 28.1 Å². The van der Waals surface area contributed by atoms with Gasteiger partial charge in [0.15, 0.2) is 6.10 Å². The van der Waals surface area contributed by atoms with Crippen LogP contribution in [0.25, 0.3) is 0 Å². The van der Waals surface area contributed by atoms with E-state index >= 15 is 0 Å². The molecule has 12 heteroatoms. The molecule has 0 aromatic heterocycles. The summed E-state index contributed by atoms with van der Waals surface area (Å²) in [6.07, 6.45) is -4.12. The molecule has 2 aliphatic heterocycles. The molecule has 0 saturated carbocycles. The molecule has 0 unspecified atom stereocenters. The normalized spacial score (nSPS) is 22.7. The van der Waals surface area contributed by atoms with Crippen LogP contribution in [0.15, 0.2) is 84.9 Å². The molecule has 0 aliphatic carbocycles. The lowest BCUT2D eigenvalue weighted by Gasteiger charge is -2.43. The third-order valence-corrected chi connectivity index (χ3v) is 13.5. The molecule has 2 aliphatic rings. The number of morpholine rings is 1. The Bertz CT molecular complexity index is 1590. The highest BCUT2D eigenvalue weighted by atomic mass is 28.4. The first-order valence-corrected chi connectivity index (χ1v) is 17.6. The molecule has 2 heterocycles. The lowest BCUT2D eigenvalue weighted by molar-refractivity contribution is -0.262. The molecule has 254 valence electrons. The fourth-order valence-corrected chi connectivity index (χ4v) is 11.1. The largest absolute Gasteiger partial charge is 0.497 e. The average molecular weight is 676 g/mol. The quantitative estimate of drug-likeness (QED) is 0.180. The number of hydrogen-bond donors (Lipinski definition) is 0. The summed E-state index contributed by atoms with van der Waals surface area (Å²) in [6.45, 7) is 8.12. The van der Waals surface area contributed by atoms with Gasteiger partial charge < -0.3 is 33.0 Å². The molecule has 0 N–H and O–H groups in total. The predicted molar refractivity (Wildman–Crippen MR) is 177 cm³/mol. The van der Waals surface area contributed by atoms with E-state index in [2.05, 4.69) is 20.8 Å². The van der Waals surface area contributed by atoms with Crippen LogP contribution < -0.4 is 15.1 Å². The van der Waals surface area contributed by atoms with Gasteiger partial charge in [-0.2, -0.15) is 0 Å². The van der Waals surface area contributed by atoms with Crippen LogP contribution in [0.4, 0.5) is 0 Å². The highest BCUT2D eigenvalue weighted by molar-refractivity contribution is 6.99. The highest BCUT2D eigenvalue weighted by Gasteiger charge is 2.69. The summed E-state index contributed by atoms with van der Waals surface area (Å²) in [5.74, 6) is -4.83. The van der Waals surface area contributed by atoms with E-state index in [-0.39, 0.29) is 19.7 Å². The van der Waals surface area contributed by atoms with Crippen LogP contribution in [0.3, 0.4) is 0 Å². The third-order valence-electron chi connectivity index (χ3n) is 8.54. The van der Waals surface area contributed by atoms with E-state index in [0.717, 1.165) is 17.3 Å². The maximum atomic E-state index is 14.3. The molecule has 3 aromatic rings. The second-order valence-electron chi connectivity index (χ2n) is 12.9. The molecular formula is C36H41NO10Si. The zero-order valence-electron chi connectivity index (χ0n) is 28.0. The number of hydrogen-bond acceptors (Lipinski definition) is 10. The molecule has 2 fully saturated rings. The van der Waals surface area contributed by atoms with Crippen LogP contribution in [0, 0.1) is 0 Å². The van der Waals surface area contributed by atoms with Crippen molar-refractivity contribution in [3.8, 4) is 5.75 Å². The number of esters is 3. The Balaban J connectivity index is 1.56. The van der Waals surface area contributed by atoms with E-state index in [1.54, 1.807) is 31.4 Å². The van der Waals surface area contributed by atoms with Gasteiger partial charge >= 0.3 is 29.6 Å². The first-order chi connectivity index (χ1) is 22.8. The summed E-state index contributed by atoms with van der Waals surface area (Å²) in [5.41, 5.74) is 0.708. The van der Waals surface area contributed by atoms with Gasteiger partial charge in [-0.1, -0.05) is 93.6 Å². The van der Waals surface area contributed by atoms with Gasteiger partial charge in [0.2, 0.25) is 6.10 Å². The molecular weight excluding hydrogens is 634 g/mol. The lowest BCUT2D eigenvalue weighted by Crippen LogP contribution is -2.67. The van der Waals surface area contributed by atoms with Crippen LogP contribution in [-0.2, 0) is 49.1 Å². The molecule has 4 atom stereocenters. The topological polar surface area (TPSA) is 127 Å². The van der Waals surface area contributed by atoms with Crippen molar-refractivity contribution in [2.24, 2.45) is 0 Å². The molecule has 1 spiro atoms. The third kappa shape index (κ3) is 6.73. The van der Waals surface area contributed by atoms with E-state index in [1.807, 2.05) is 60.7 Å². The summed E-state index contributed by atoms with van der Waals surface area (Å²) < 4.78 is 35.7. The Kier molecular flexibility index (Phi) is 10.1. The second kappa shape index (κ2) is 13.9. The van der Waals surface area contributed by atoms with E-state index in [1.165, 1.54) is 11.8 Å². The van der Waals surface area contributed by atoms with Crippen LogP contribution in [0.5, 0.6) is 5.75 Å². The monoisotopic (exact) mass is 675 g/mol. The van der Waals surface area contributed by atoms with Gasteiger partial charge in [-0.3, -0.25) is 19.2 Å². The molecule has 11 nitrogen and oxygen atoms in total. The van der Waals surface area contributed by atoms with Crippen molar-refractivity contribution in [3.05, 3.63) is 90.5 Å². The number of nitrogens with zero attached hydrogens (tertiary/aromatic N) is 1. The van der Waals surface area contributed by atoms with Gasteiger partial charge in [0.25, 0.3) is 8.32 Å². The van der Waals surface area contributed by atoms with Gasteiger partial charge in [0.05, 0.1) is 13.7 Å². The van der Waals surface area contributed by atoms with Crippen LogP contribution >= 0.6 is 0 Å². The smallest absolute Gasteiger partial charge is 0.335 e. The summed E-state index contributed by atoms with van der Waals surface area (Å²) in [6, 6.07) is 26.8. The Morgan fingerprint density at radius 2 is 1.44 bits per heavy atom. The molecule has 3 aromatic carbocycles. The van der Waals surface area contributed by atoms with Crippen molar-refractivity contribution in [1.82, 2.24) is 4.90 Å². The number of rotatable bonds is 10. The minimum atomic E-state index is -3.15. The number of methoxy groups -OCH3 is 1. The van der Waals surface area contributed by atoms with Gasteiger partial charge in [-0.05, 0) is 33.1 Å². The van der Waals surface area contributed by atoms with Gasteiger partial charge in [0.1, 0.15) is 18.4 Å². The molecule has 1 amide bonds. The number of carbonyl (C=O) groups is 4. The minimum Gasteiger partial charge on any atom is -0.497 e. The van der Waals surface area contributed by atoms with Gasteiger partial charge in [-0.25, -0.2) is 0 Å². The molecule has 0 radical (unpaired) electrons. The summed E-state index contributed by atoms with van der Waals surface area (Å²) >= 11 is 0. The van der Waals surface area contributed by atoms with Crippen molar-refractivity contribution in [2.45, 2.75) is 70.3 Å². The fourth-order valence-electron chi connectivity index (χ4n) is 6.55. The van der Waals surface area contributed by atoms with E-state index in [0.29, 0.717) is 11.3 Å². The van der Waals surface area contributed by atoms with Gasteiger partial charge in [-0.15, -0.1) is 0 Å². The first-order valence-electron chi connectivity index (χ1n) is 15.7. The SMILES string of the molecule is COc1ccc(CN2CC(=O)O[C@@]3(O[C@H](CO[Si](c4ccccc4)(c4ccccc4)C(C)(C)C)[C@@H](OC(C)=O)[C@H]3OC(C)=O)C2=O)cc1. The van der Waals surface area contributed by atoms with Crippen molar-refractivity contribution < 1.29 is 47.3 Å². The zero-order chi connectivity index (χ0) is 34.7. The molecule has 48 heavy (non-hydrogen) atoms. The van der Waals surface area contributed by atoms with Crippen LogP contribution in [0.1, 0.15) is 40.2 Å². The summed E-state index contributed by atoms with van der Waals surface area (Å²) in [7, 11) is -1.60. The second-order valence-corrected chi connectivity index (χ2v) is 17.2. The summed E-state index contributed by atoms with van der Waals surface area (Å²) in [5, 5.41) is 1.56. The maximum absolute atomic E-state index is 14.3. The van der Waals surface area contributed by atoms with E-state index < -0.39 is 61.3 Å². The standard InChI is InChI=1S/C36H41NO10Si/c1-24(38)44-32-30(23-43-48(35(3,4)5,28-13-9-7-10-14-28)29-15-11-8-12-16-29)46-36(33(32)45-25(2)39)34(41)37(22-31(40)47-36)21-26-17-19-27(42-6)20-18-26/h7-20,30,32-33H,21-23H2,1-6H3/t30-,32-,33-,36-/m1/s1. The number of ether oxygens (including phenoxy) is 5. The van der Waals surface area contributed by atoms with Crippen molar-refractivity contribution in [1.29, 1.82) is 0 Å². The van der Waals surface area contributed by atoms with Crippen molar-refractivity contribution in [3.63, 3.8) is 0 Å². The van der Waals surface area contributed by atoms with Crippen molar-refractivity contribution >= 4 is 42.5 Å². The zero-order valence-corrected chi connectivity index (χ0v) is 29.0. The first kappa shape index (κ1) is 34.8. The lowest BCUT2D eigenvalue weighted by atomic mass is 10.0. The Morgan fingerprint density at radius 3 is 1.94 bits per heavy atom. The highest BCUT2D eigenvalue weighted by Crippen LogP contribution is 2.42. The van der Waals surface area contributed by atoms with E-state index in [9.17, 15) is 19.2 Å². The Morgan fingerprint density at radius 1 is 0.875 bits per heavy atom. The number of amides is 1. The molecule has 2 saturated heterocycles. The minimum absolute atomic E-state index is 0.0251. The van der Waals surface area contributed by atoms with Crippen LogP contribution in [0.2, 0.25) is 5.04 Å². The number of carbonyl (C=O) groups excluding carboxylic acids is 4. The Hall–Kier alpha value is -4.52. The summed E-state index contributed by atoms with van der Waals surface area (Å²) in [4.78, 5) is 53.7. The number of benzene rings is 3. The molecule has 0 bridgehead atoms. The van der Waals surface area contributed by atoms with Crippen molar-refractivity contribution in [2.75, 3.05) is 20.3 Å². The van der Waals surface area contributed by atoms with Crippen LogP contribution in [-0.4, -0.2) is 81.4 Å². The average Bonchev–Trinajstić information content (AvgIpc) is 3.31. The molecule has 5 rings (SSSR count). The predicted octanol–water partition coefficient (Wildman–Crippen LogP) is 3.12.